The van der Waals surface area contributed by atoms with Crippen LogP contribution in [0.25, 0.3) is 0 Å². The lowest BCUT2D eigenvalue weighted by Gasteiger charge is -2.28. The molecule has 100 valence electrons. The summed E-state index contributed by atoms with van der Waals surface area (Å²) in [5, 5.41) is 10.8. The molecule has 0 bridgehead atoms. The van der Waals surface area contributed by atoms with Crippen LogP contribution in [0.15, 0.2) is 0 Å². The van der Waals surface area contributed by atoms with Crippen molar-refractivity contribution in [2.45, 2.75) is 51.2 Å². The molecule has 2 N–H and O–H groups in total. The fourth-order valence-corrected chi connectivity index (χ4v) is 1.53. The van der Waals surface area contributed by atoms with Crippen LogP contribution in [0, 0.1) is 5.92 Å². The van der Waals surface area contributed by atoms with Gasteiger partial charge in [-0.2, -0.15) is 0 Å². The van der Waals surface area contributed by atoms with Gasteiger partial charge in [0.15, 0.2) is 0 Å². The monoisotopic (exact) mass is 251 g/mol. The van der Waals surface area contributed by atoms with E-state index >= 15 is 0 Å². The molecule has 1 aliphatic rings. The van der Waals surface area contributed by atoms with Crippen LogP contribution in [0.4, 0.5) is 13.6 Å². The van der Waals surface area contributed by atoms with Crippen molar-refractivity contribution in [3.8, 4) is 0 Å². The summed E-state index contributed by atoms with van der Waals surface area (Å²) in [5.41, 5.74) is -0.729. The summed E-state index contributed by atoms with van der Waals surface area (Å²) in [5.74, 6) is -3.58. The van der Waals surface area contributed by atoms with Gasteiger partial charge >= 0.3 is 6.09 Å². The number of alkyl halides is 2. The number of aliphatic hydroxyl groups is 1. The summed E-state index contributed by atoms with van der Waals surface area (Å²) >= 11 is 0. The minimum atomic E-state index is -3.31. The van der Waals surface area contributed by atoms with Crippen molar-refractivity contribution in [3.63, 3.8) is 0 Å². The zero-order chi connectivity index (χ0) is 13.3. The third-order valence-corrected chi connectivity index (χ3v) is 2.43. The fourth-order valence-electron chi connectivity index (χ4n) is 1.53. The Morgan fingerprint density at radius 3 is 2.35 bits per heavy atom. The molecule has 0 radical (unpaired) electrons. The van der Waals surface area contributed by atoms with Gasteiger partial charge in [-0.1, -0.05) is 0 Å². The van der Waals surface area contributed by atoms with Crippen LogP contribution < -0.4 is 5.32 Å². The Morgan fingerprint density at radius 1 is 1.47 bits per heavy atom. The first-order valence-electron chi connectivity index (χ1n) is 5.64. The Hall–Kier alpha value is -0.910. The second-order valence-electron chi connectivity index (χ2n) is 5.38. The van der Waals surface area contributed by atoms with Gasteiger partial charge in [-0.25, -0.2) is 13.6 Å². The van der Waals surface area contributed by atoms with Gasteiger partial charge in [0.1, 0.15) is 18.2 Å². The van der Waals surface area contributed by atoms with Crippen LogP contribution in [0.1, 0.15) is 33.6 Å². The van der Waals surface area contributed by atoms with Gasteiger partial charge in [0.25, 0.3) is 5.92 Å². The SMILES string of the molecule is CC(C)(C)OC(=O)N[C@@H](C1CC1)C(F)(F)CO. The van der Waals surface area contributed by atoms with Crippen LogP contribution >= 0.6 is 0 Å². The molecule has 0 heterocycles. The Kier molecular flexibility index (Phi) is 3.96. The summed E-state index contributed by atoms with van der Waals surface area (Å²) in [6.45, 7) is 3.69. The van der Waals surface area contributed by atoms with E-state index in [0.717, 1.165) is 0 Å². The minimum Gasteiger partial charge on any atom is -0.444 e. The molecule has 4 nitrogen and oxygen atoms in total. The highest BCUT2D eigenvalue weighted by molar-refractivity contribution is 5.68. The normalized spacial score (nSPS) is 18.7. The van der Waals surface area contributed by atoms with Gasteiger partial charge in [-0.3, -0.25) is 0 Å². The van der Waals surface area contributed by atoms with Crippen molar-refractivity contribution in [2.75, 3.05) is 6.61 Å². The number of nitrogens with one attached hydrogen (secondary N) is 1. The van der Waals surface area contributed by atoms with Gasteiger partial charge in [0.05, 0.1) is 0 Å². The maximum absolute atomic E-state index is 13.4. The predicted octanol–water partition coefficient (Wildman–Crippen LogP) is 1.92. The molecule has 1 aliphatic carbocycles. The third-order valence-electron chi connectivity index (χ3n) is 2.43. The Bertz CT molecular complexity index is 285. The number of carbonyl (C=O) groups excluding carboxylic acids is 1. The largest absolute Gasteiger partial charge is 0.444 e. The number of carbonyl (C=O) groups is 1. The molecule has 1 fully saturated rings. The van der Waals surface area contributed by atoms with Gasteiger partial charge < -0.3 is 15.2 Å². The molecule has 1 amide bonds. The first-order chi connectivity index (χ1) is 7.65. The quantitative estimate of drug-likeness (QED) is 0.802. The first-order valence-corrected chi connectivity index (χ1v) is 5.64. The molecule has 0 saturated heterocycles. The van der Waals surface area contributed by atoms with E-state index in [1.807, 2.05) is 0 Å². The molecular weight excluding hydrogens is 232 g/mol. The third kappa shape index (κ3) is 4.46. The molecule has 17 heavy (non-hydrogen) atoms. The highest BCUT2D eigenvalue weighted by atomic mass is 19.3. The van der Waals surface area contributed by atoms with E-state index in [1.54, 1.807) is 20.8 Å². The van der Waals surface area contributed by atoms with Crippen LogP contribution in [0.2, 0.25) is 0 Å². The number of alkyl carbamates (subject to hydrolysis) is 1. The number of halogens is 2. The van der Waals surface area contributed by atoms with Crippen molar-refractivity contribution in [1.82, 2.24) is 5.32 Å². The standard InChI is InChI=1S/C11H19F2NO3/c1-10(2,3)17-9(16)14-8(7-4-5-7)11(12,13)6-15/h7-8,15H,4-6H2,1-3H3,(H,14,16)/t8-/m0/s1. The number of aliphatic hydroxyl groups excluding tert-OH is 1. The first kappa shape index (κ1) is 14.2. The smallest absolute Gasteiger partial charge is 0.408 e. The molecule has 0 aromatic heterocycles. The van der Waals surface area contributed by atoms with Crippen LogP contribution in [-0.2, 0) is 4.74 Å². The molecular formula is C11H19F2NO3. The van der Waals surface area contributed by atoms with Gasteiger partial charge in [-0.15, -0.1) is 0 Å². The van der Waals surface area contributed by atoms with Gasteiger partial charge in [0, 0.05) is 0 Å². The lowest BCUT2D eigenvalue weighted by Crippen LogP contribution is -2.52. The molecule has 1 atom stereocenters. The van der Waals surface area contributed by atoms with Gasteiger partial charge in [0.2, 0.25) is 0 Å². The van der Waals surface area contributed by atoms with Crippen molar-refractivity contribution >= 4 is 6.09 Å². The molecule has 0 aromatic carbocycles. The van der Waals surface area contributed by atoms with Crippen molar-refractivity contribution in [3.05, 3.63) is 0 Å². The zero-order valence-corrected chi connectivity index (χ0v) is 10.3. The lowest BCUT2D eigenvalue weighted by molar-refractivity contribution is -0.0854. The summed E-state index contributed by atoms with van der Waals surface area (Å²) < 4.78 is 31.7. The zero-order valence-electron chi connectivity index (χ0n) is 10.3. The summed E-state index contributed by atoms with van der Waals surface area (Å²) in [6.07, 6.45) is 0.397. The predicted molar refractivity (Wildman–Crippen MR) is 57.9 cm³/mol. The number of rotatable bonds is 4. The topological polar surface area (TPSA) is 58.6 Å². The Morgan fingerprint density at radius 2 is 2.00 bits per heavy atom. The van der Waals surface area contributed by atoms with Gasteiger partial charge in [-0.05, 0) is 39.5 Å². The molecule has 0 unspecified atom stereocenters. The van der Waals surface area contributed by atoms with Crippen LogP contribution in [0.5, 0.6) is 0 Å². The van der Waals surface area contributed by atoms with E-state index in [9.17, 15) is 13.6 Å². The second kappa shape index (κ2) is 4.76. The molecule has 0 aromatic rings. The van der Waals surface area contributed by atoms with E-state index in [-0.39, 0.29) is 5.92 Å². The number of hydrogen-bond acceptors (Lipinski definition) is 3. The second-order valence-corrected chi connectivity index (χ2v) is 5.38. The highest BCUT2D eigenvalue weighted by Crippen LogP contribution is 2.39. The average molecular weight is 251 g/mol. The van der Waals surface area contributed by atoms with E-state index in [4.69, 9.17) is 9.84 Å². The molecule has 0 aliphatic heterocycles. The number of amides is 1. The number of hydrogen-bond donors (Lipinski definition) is 2. The molecule has 6 heteroatoms. The highest BCUT2D eigenvalue weighted by Gasteiger charge is 2.49. The fraction of sp³-hybridized carbons (Fsp3) is 0.909. The molecule has 1 saturated carbocycles. The molecule has 0 spiro atoms. The van der Waals surface area contributed by atoms with Crippen molar-refractivity contribution < 1.29 is 23.4 Å². The van der Waals surface area contributed by atoms with Crippen LogP contribution in [0.3, 0.4) is 0 Å². The summed E-state index contributed by atoms with van der Waals surface area (Å²) in [6, 6.07) is -1.35. The Labute approximate surface area is 99.3 Å². The summed E-state index contributed by atoms with van der Waals surface area (Å²) in [4.78, 5) is 11.4. The van der Waals surface area contributed by atoms with E-state index in [2.05, 4.69) is 5.32 Å². The van der Waals surface area contributed by atoms with Crippen molar-refractivity contribution in [2.24, 2.45) is 5.92 Å². The average Bonchev–Trinajstić information content (AvgIpc) is 2.94. The summed E-state index contributed by atoms with van der Waals surface area (Å²) in [7, 11) is 0. The molecule has 1 rings (SSSR count). The van der Waals surface area contributed by atoms with Crippen molar-refractivity contribution in [1.29, 1.82) is 0 Å². The Balaban J connectivity index is 2.59. The lowest BCUT2D eigenvalue weighted by atomic mass is 10.1. The maximum atomic E-state index is 13.4. The van der Waals surface area contributed by atoms with E-state index < -0.39 is 30.3 Å². The van der Waals surface area contributed by atoms with Crippen LogP contribution in [-0.4, -0.2) is 35.4 Å². The number of ether oxygens (including phenoxy) is 1. The van der Waals surface area contributed by atoms with E-state index in [0.29, 0.717) is 12.8 Å². The maximum Gasteiger partial charge on any atom is 0.408 e. The van der Waals surface area contributed by atoms with E-state index in [1.165, 1.54) is 0 Å². The minimum absolute atomic E-state index is 0.273.